The van der Waals surface area contributed by atoms with E-state index in [0.717, 1.165) is 11.1 Å². The number of benzene rings is 2. The van der Waals surface area contributed by atoms with Gasteiger partial charge in [-0.2, -0.15) is 0 Å². The highest BCUT2D eigenvalue weighted by molar-refractivity contribution is 5.81. The highest BCUT2D eigenvalue weighted by Crippen LogP contribution is 2.16. The van der Waals surface area contributed by atoms with Crippen LogP contribution in [0, 0.1) is 6.92 Å². The third-order valence-electron chi connectivity index (χ3n) is 4.24. The van der Waals surface area contributed by atoms with Crippen LogP contribution in [0.3, 0.4) is 0 Å². The number of H-pyrrole nitrogens is 1. The van der Waals surface area contributed by atoms with E-state index in [9.17, 15) is 14.4 Å². The number of hydrogen-bond acceptors (Lipinski definition) is 3. The van der Waals surface area contributed by atoms with Crippen LogP contribution in [0.15, 0.2) is 58.1 Å². The van der Waals surface area contributed by atoms with Gasteiger partial charge >= 0.3 is 5.69 Å². The molecule has 1 unspecified atom stereocenters. The van der Waals surface area contributed by atoms with Crippen molar-refractivity contribution in [3.05, 3.63) is 80.5 Å². The summed E-state index contributed by atoms with van der Waals surface area (Å²) in [5.41, 5.74) is 1.50. The van der Waals surface area contributed by atoms with Gasteiger partial charge < -0.3 is 5.32 Å². The van der Waals surface area contributed by atoms with Gasteiger partial charge in [0, 0.05) is 0 Å². The molecule has 6 nitrogen and oxygen atoms in total. The second-order valence-corrected chi connectivity index (χ2v) is 6.01. The molecule has 1 heterocycles. The van der Waals surface area contributed by atoms with E-state index in [1.165, 1.54) is 4.57 Å². The number of aromatic nitrogens is 2. The van der Waals surface area contributed by atoms with Gasteiger partial charge in [-0.15, -0.1) is 0 Å². The molecule has 0 saturated carbocycles. The molecule has 0 aliphatic heterocycles. The minimum atomic E-state index is -0.595. The smallest absolute Gasteiger partial charge is 0.329 e. The summed E-state index contributed by atoms with van der Waals surface area (Å²) >= 11 is 0. The fraction of sp³-hybridized carbons (Fsp3) is 0.211. The molecule has 0 bridgehead atoms. The van der Waals surface area contributed by atoms with Crippen molar-refractivity contribution < 1.29 is 4.79 Å². The predicted octanol–water partition coefficient (Wildman–Crippen LogP) is 1.88. The summed E-state index contributed by atoms with van der Waals surface area (Å²) < 4.78 is 1.27. The van der Waals surface area contributed by atoms with E-state index in [1.54, 1.807) is 24.3 Å². The molecular weight excluding hydrogens is 318 g/mol. The lowest BCUT2D eigenvalue weighted by Crippen LogP contribution is -2.37. The van der Waals surface area contributed by atoms with Gasteiger partial charge in [-0.05, 0) is 37.1 Å². The topological polar surface area (TPSA) is 84.0 Å². The molecule has 0 fully saturated rings. The number of carbonyl (C=O) groups is 1. The summed E-state index contributed by atoms with van der Waals surface area (Å²) in [6.45, 7) is 3.72. The molecule has 0 aliphatic carbocycles. The largest absolute Gasteiger partial charge is 0.348 e. The fourth-order valence-corrected chi connectivity index (χ4v) is 2.98. The van der Waals surface area contributed by atoms with Crippen LogP contribution in [0.1, 0.15) is 24.1 Å². The Balaban J connectivity index is 1.87. The second kappa shape index (κ2) is 6.76. The molecule has 0 saturated heterocycles. The van der Waals surface area contributed by atoms with E-state index >= 15 is 0 Å². The van der Waals surface area contributed by atoms with E-state index in [2.05, 4.69) is 10.3 Å². The first-order valence-corrected chi connectivity index (χ1v) is 8.04. The quantitative estimate of drug-likeness (QED) is 0.762. The van der Waals surface area contributed by atoms with Crippen molar-refractivity contribution >= 4 is 16.8 Å². The van der Waals surface area contributed by atoms with E-state index in [1.807, 2.05) is 38.1 Å². The van der Waals surface area contributed by atoms with Gasteiger partial charge in [0.1, 0.15) is 6.54 Å². The number of fused-ring (bicyclic) bond motifs is 1. The van der Waals surface area contributed by atoms with Gasteiger partial charge in [-0.25, -0.2) is 4.79 Å². The minimum Gasteiger partial charge on any atom is -0.348 e. The molecule has 1 amide bonds. The zero-order chi connectivity index (χ0) is 18.0. The van der Waals surface area contributed by atoms with Gasteiger partial charge in [0.2, 0.25) is 5.91 Å². The first kappa shape index (κ1) is 16.7. The summed E-state index contributed by atoms with van der Waals surface area (Å²) in [5.74, 6) is -0.296. The molecule has 1 aromatic heterocycles. The zero-order valence-electron chi connectivity index (χ0n) is 14.1. The number of para-hydroxylation sites is 1. The van der Waals surface area contributed by atoms with Crippen molar-refractivity contribution in [2.75, 3.05) is 0 Å². The standard InChI is InChI=1S/C19H19N3O3/c1-12-7-3-4-8-14(12)13(2)20-17(23)11-22-16-10-6-5-9-15(16)18(24)21-19(22)25/h3-10,13H,11H2,1-2H3,(H,20,23)(H,21,24,25). The fourth-order valence-electron chi connectivity index (χ4n) is 2.98. The third kappa shape index (κ3) is 3.38. The Hall–Kier alpha value is -3.15. The van der Waals surface area contributed by atoms with Crippen LogP contribution in [0.4, 0.5) is 0 Å². The number of nitrogens with zero attached hydrogens (tertiary/aromatic N) is 1. The van der Waals surface area contributed by atoms with Crippen LogP contribution in [-0.4, -0.2) is 15.5 Å². The number of rotatable bonds is 4. The summed E-state index contributed by atoms with van der Waals surface area (Å²) in [7, 11) is 0. The Morgan fingerprint density at radius 1 is 1.12 bits per heavy atom. The van der Waals surface area contributed by atoms with Gasteiger partial charge in [0.15, 0.2) is 0 Å². The summed E-state index contributed by atoms with van der Waals surface area (Å²) in [6, 6.07) is 14.4. The molecular formula is C19H19N3O3. The Kier molecular flexibility index (Phi) is 4.52. The normalized spacial score (nSPS) is 12.1. The molecule has 0 aliphatic rings. The van der Waals surface area contributed by atoms with Crippen LogP contribution in [0.2, 0.25) is 0 Å². The molecule has 6 heteroatoms. The molecule has 128 valence electrons. The SMILES string of the molecule is Cc1ccccc1C(C)NC(=O)Cn1c(=O)[nH]c(=O)c2ccccc21. The number of aromatic amines is 1. The molecule has 0 radical (unpaired) electrons. The predicted molar refractivity (Wildman–Crippen MR) is 96.6 cm³/mol. The number of nitrogens with one attached hydrogen (secondary N) is 2. The van der Waals surface area contributed by atoms with E-state index in [4.69, 9.17) is 0 Å². The molecule has 0 spiro atoms. The Morgan fingerprint density at radius 3 is 2.56 bits per heavy atom. The van der Waals surface area contributed by atoms with Gasteiger partial charge in [0.05, 0.1) is 16.9 Å². The van der Waals surface area contributed by atoms with Crippen molar-refractivity contribution in [1.29, 1.82) is 0 Å². The van der Waals surface area contributed by atoms with Gasteiger partial charge in [-0.3, -0.25) is 19.1 Å². The highest BCUT2D eigenvalue weighted by Gasteiger charge is 2.14. The molecule has 2 aromatic carbocycles. The van der Waals surface area contributed by atoms with Crippen molar-refractivity contribution in [1.82, 2.24) is 14.9 Å². The van der Waals surface area contributed by atoms with E-state index in [0.29, 0.717) is 10.9 Å². The Bertz CT molecular complexity index is 1050. The summed E-state index contributed by atoms with van der Waals surface area (Å²) in [6.07, 6.45) is 0. The first-order valence-electron chi connectivity index (χ1n) is 8.04. The number of aryl methyl sites for hydroxylation is 1. The maximum atomic E-state index is 12.4. The number of amides is 1. The average Bonchev–Trinajstić information content (AvgIpc) is 2.59. The zero-order valence-corrected chi connectivity index (χ0v) is 14.1. The average molecular weight is 337 g/mol. The van der Waals surface area contributed by atoms with Crippen LogP contribution >= 0.6 is 0 Å². The van der Waals surface area contributed by atoms with E-state index in [-0.39, 0.29) is 18.5 Å². The van der Waals surface area contributed by atoms with Crippen molar-refractivity contribution in [3.63, 3.8) is 0 Å². The monoisotopic (exact) mass is 337 g/mol. The minimum absolute atomic E-state index is 0.160. The molecule has 3 rings (SSSR count). The molecule has 25 heavy (non-hydrogen) atoms. The Morgan fingerprint density at radius 2 is 1.80 bits per heavy atom. The van der Waals surface area contributed by atoms with Crippen LogP contribution in [0.25, 0.3) is 10.9 Å². The van der Waals surface area contributed by atoms with Crippen molar-refractivity contribution in [2.24, 2.45) is 0 Å². The number of carbonyl (C=O) groups excluding carboxylic acids is 1. The molecule has 2 N–H and O–H groups in total. The molecule has 1 atom stereocenters. The maximum Gasteiger partial charge on any atom is 0.329 e. The van der Waals surface area contributed by atoms with Gasteiger partial charge in [0.25, 0.3) is 5.56 Å². The Labute approximate surface area is 144 Å². The lowest BCUT2D eigenvalue weighted by Gasteiger charge is -2.17. The first-order chi connectivity index (χ1) is 12.0. The number of hydrogen-bond donors (Lipinski definition) is 2. The molecule has 3 aromatic rings. The third-order valence-corrected chi connectivity index (χ3v) is 4.24. The van der Waals surface area contributed by atoms with Crippen LogP contribution in [0.5, 0.6) is 0 Å². The second-order valence-electron chi connectivity index (χ2n) is 6.01. The van der Waals surface area contributed by atoms with E-state index < -0.39 is 11.2 Å². The summed E-state index contributed by atoms with van der Waals surface area (Å²) in [4.78, 5) is 38.7. The maximum absolute atomic E-state index is 12.4. The van der Waals surface area contributed by atoms with Crippen LogP contribution in [-0.2, 0) is 11.3 Å². The van der Waals surface area contributed by atoms with Crippen LogP contribution < -0.4 is 16.6 Å². The summed E-state index contributed by atoms with van der Waals surface area (Å²) in [5, 5.41) is 3.28. The van der Waals surface area contributed by atoms with Crippen molar-refractivity contribution in [3.8, 4) is 0 Å². The lowest BCUT2D eigenvalue weighted by atomic mass is 10.0. The lowest BCUT2D eigenvalue weighted by molar-refractivity contribution is -0.122. The van der Waals surface area contributed by atoms with Gasteiger partial charge in [-0.1, -0.05) is 36.4 Å². The highest BCUT2D eigenvalue weighted by atomic mass is 16.2. The van der Waals surface area contributed by atoms with Crippen molar-refractivity contribution in [2.45, 2.75) is 26.4 Å².